The molecule has 4 aromatic rings. The maximum absolute atomic E-state index is 13.6. The van der Waals surface area contributed by atoms with Gasteiger partial charge in [0.05, 0.1) is 4.92 Å². The summed E-state index contributed by atoms with van der Waals surface area (Å²) in [6.45, 7) is 1.95. The molecule has 0 saturated carbocycles. The number of aryl methyl sites for hydroxylation is 1. The van der Waals surface area contributed by atoms with Crippen molar-refractivity contribution in [2.24, 2.45) is 0 Å². The normalized spacial score (nSPS) is 12.5. The molecule has 0 bridgehead atoms. The van der Waals surface area contributed by atoms with Gasteiger partial charge < -0.3 is 10.5 Å². The number of nitro groups is 1. The van der Waals surface area contributed by atoms with Crippen molar-refractivity contribution in [3.05, 3.63) is 140 Å². The summed E-state index contributed by atoms with van der Waals surface area (Å²) >= 11 is 6.66. The molecule has 34 heavy (non-hydrogen) atoms. The number of carbonyl (C=O) groups is 1. The zero-order chi connectivity index (χ0) is 24.3. The van der Waals surface area contributed by atoms with Crippen LogP contribution in [0.5, 0.6) is 0 Å². The molecule has 1 unspecified atom stereocenters. The Hall–Kier alpha value is -4.16. The van der Waals surface area contributed by atoms with E-state index in [0.717, 1.165) is 5.56 Å². The highest BCUT2D eigenvalue weighted by molar-refractivity contribution is 6.31. The summed E-state index contributed by atoms with van der Waals surface area (Å²) in [4.78, 5) is 24.6. The largest absolute Gasteiger partial charge is 0.440 e. The molecular formula is C27H21ClN2O4. The van der Waals surface area contributed by atoms with Gasteiger partial charge >= 0.3 is 5.97 Å². The highest BCUT2D eigenvalue weighted by atomic mass is 35.5. The topological polar surface area (TPSA) is 95.5 Å². The molecule has 2 N–H and O–H groups in total. The zero-order valence-corrected chi connectivity index (χ0v) is 19.0. The van der Waals surface area contributed by atoms with E-state index in [9.17, 15) is 14.9 Å². The summed E-state index contributed by atoms with van der Waals surface area (Å²) in [7, 11) is 0. The Labute approximate surface area is 201 Å². The first-order valence-corrected chi connectivity index (χ1v) is 10.9. The SMILES string of the molecule is Cc1ccc(C(OC(=O)c2cc(N)ccc2[N+](=O)[O-])(c2ccccc2)c2ccccc2Cl)cc1. The summed E-state index contributed by atoms with van der Waals surface area (Å²) in [5.41, 5.74) is 6.73. The Morgan fingerprint density at radius 3 is 2.18 bits per heavy atom. The summed E-state index contributed by atoms with van der Waals surface area (Å²) in [6, 6.07) is 27.5. The van der Waals surface area contributed by atoms with Gasteiger partial charge in [0.15, 0.2) is 5.60 Å². The van der Waals surface area contributed by atoms with Crippen LogP contribution in [0.3, 0.4) is 0 Å². The Morgan fingerprint density at radius 1 is 0.912 bits per heavy atom. The molecule has 170 valence electrons. The lowest BCUT2D eigenvalue weighted by molar-refractivity contribution is -0.385. The number of hydrogen-bond acceptors (Lipinski definition) is 5. The summed E-state index contributed by atoms with van der Waals surface area (Å²) in [6.07, 6.45) is 0. The molecule has 4 rings (SSSR count). The number of anilines is 1. The predicted molar refractivity (Wildman–Crippen MR) is 132 cm³/mol. The average Bonchev–Trinajstić information content (AvgIpc) is 2.84. The second-order valence-corrected chi connectivity index (χ2v) is 8.22. The highest BCUT2D eigenvalue weighted by Gasteiger charge is 2.43. The number of hydrogen-bond donors (Lipinski definition) is 1. The number of halogens is 1. The van der Waals surface area contributed by atoms with Gasteiger partial charge in [0.25, 0.3) is 5.69 Å². The Kier molecular flexibility index (Phi) is 6.34. The van der Waals surface area contributed by atoms with E-state index in [-0.39, 0.29) is 11.3 Å². The maximum atomic E-state index is 13.6. The van der Waals surface area contributed by atoms with Crippen LogP contribution in [-0.2, 0) is 10.3 Å². The number of esters is 1. The monoisotopic (exact) mass is 472 g/mol. The van der Waals surface area contributed by atoms with E-state index in [4.69, 9.17) is 22.1 Å². The molecular weight excluding hydrogens is 452 g/mol. The van der Waals surface area contributed by atoms with Crippen LogP contribution in [0.25, 0.3) is 0 Å². The van der Waals surface area contributed by atoms with Crippen molar-refractivity contribution >= 4 is 28.9 Å². The van der Waals surface area contributed by atoms with Crippen molar-refractivity contribution in [1.29, 1.82) is 0 Å². The number of nitrogen functional groups attached to an aromatic ring is 1. The van der Waals surface area contributed by atoms with Crippen molar-refractivity contribution in [2.45, 2.75) is 12.5 Å². The minimum atomic E-state index is -1.48. The molecule has 7 heteroatoms. The lowest BCUT2D eigenvalue weighted by Gasteiger charge is -2.36. The average molecular weight is 473 g/mol. The quantitative estimate of drug-likeness (QED) is 0.117. The second-order valence-electron chi connectivity index (χ2n) is 7.82. The fraction of sp³-hybridized carbons (Fsp3) is 0.0741. The van der Waals surface area contributed by atoms with E-state index >= 15 is 0 Å². The Morgan fingerprint density at radius 2 is 1.53 bits per heavy atom. The minimum Gasteiger partial charge on any atom is -0.440 e. The molecule has 0 amide bonds. The fourth-order valence-corrected chi connectivity index (χ4v) is 4.20. The number of nitrogens with two attached hydrogens (primary N) is 1. The molecule has 1 atom stereocenters. The van der Waals surface area contributed by atoms with Crippen LogP contribution in [-0.4, -0.2) is 10.9 Å². The predicted octanol–water partition coefficient (Wildman–Crippen LogP) is 6.29. The smallest absolute Gasteiger partial charge is 0.346 e. The third-order valence-electron chi connectivity index (χ3n) is 5.57. The van der Waals surface area contributed by atoms with Crippen LogP contribution in [0.2, 0.25) is 5.02 Å². The lowest BCUT2D eigenvalue weighted by atomic mass is 9.79. The first kappa shape index (κ1) is 23.0. The van der Waals surface area contributed by atoms with Crippen LogP contribution in [0.15, 0.2) is 97.1 Å². The molecule has 0 aliphatic heterocycles. The van der Waals surface area contributed by atoms with Gasteiger partial charge in [-0.25, -0.2) is 4.79 Å². The molecule has 0 aliphatic carbocycles. The van der Waals surface area contributed by atoms with Crippen molar-refractivity contribution in [3.8, 4) is 0 Å². The van der Waals surface area contributed by atoms with Crippen molar-refractivity contribution < 1.29 is 14.5 Å². The van der Waals surface area contributed by atoms with Gasteiger partial charge in [-0.3, -0.25) is 10.1 Å². The van der Waals surface area contributed by atoms with Gasteiger partial charge in [-0.05, 0) is 25.1 Å². The van der Waals surface area contributed by atoms with E-state index in [1.54, 1.807) is 24.3 Å². The first-order valence-electron chi connectivity index (χ1n) is 10.5. The number of carbonyl (C=O) groups excluding carboxylic acids is 1. The molecule has 4 aromatic carbocycles. The summed E-state index contributed by atoms with van der Waals surface area (Å²) in [5, 5.41) is 12.0. The van der Waals surface area contributed by atoms with E-state index in [0.29, 0.717) is 21.7 Å². The van der Waals surface area contributed by atoms with Gasteiger partial charge in [-0.15, -0.1) is 0 Å². The third-order valence-corrected chi connectivity index (χ3v) is 5.90. The molecule has 0 fully saturated rings. The fourth-order valence-electron chi connectivity index (χ4n) is 3.93. The van der Waals surface area contributed by atoms with Crippen LogP contribution < -0.4 is 5.73 Å². The molecule has 0 spiro atoms. The molecule has 0 aliphatic rings. The van der Waals surface area contributed by atoms with Gasteiger partial charge in [-0.2, -0.15) is 0 Å². The van der Waals surface area contributed by atoms with E-state index < -0.39 is 22.2 Å². The van der Waals surface area contributed by atoms with Gasteiger partial charge in [0.1, 0.15) is 5.56 Å². The number of rotatable bonds is 6. The van der Waals surface area contributed by atoms with Gasteiger partial charge in [-0.1, -0.05) is 90.0 Å². The summed E-state index contributed by atoms with van der Waals surface area (Å²) < 4.78 is 6.27. The highest BCUT2D eigenvalue weighted by Crippen LogP contribution is 2.44. The molecule has 6 nitrogen and oxygen atoms in total. The Bertz CT molecular complexity index is 1360. The van der Waals surface area contributed by atoms with Crippen molar-refractivity contribution in [2.75, 3.05) is 5.73 Å². The van der Waals surface area contributed by atoms with Crippen LogP contribution in [0, 0.1) is 17.0 Å². The van der Waals surface area contributed by atoms with Crippen LogP contribution in [0.4, 0.5) is 11.4 Å². The Balaban J connectivity index is 2.01. The molecule has 0 aromatic heterocycles. The van der Waals surface area contributed by atoms with Crippen LogP contribution >= 0.6 is 11.6 Å². The third kappa shape index (κ3) is 4.23. The second kappa shape index (κ2) is 9.37. The first-order chi connectivity index (χ1) is 16.3. The molecule has 0 radical (unpaired) electrons. The van der Waals surface area contributed by atoms with Crippen molar-refractivity contribution in [3.63, 3.8) is 0 Å². The van der Waals surface area contributed by atoms with E-state index in [1.807, 2.05) is 61.5 Å². The maximum Gasteiger partial charge on any atom is 0.346 e. The van der Waals surface area contributed by atoms with E-state index in [2.05, 4.69) is 0 Å². The number of benzene rings is 4. The number of nitro benzene ring substituents is 1. The number of ether oxygens (including phenoxy) is 1. The zero-order valence-electron chi connectivity index (χ0n) is 18.3. The summed E-state index contributed by atoms with van der Waals surface area (Å²) in [5.74, 6) is -0.900. The van der Waals surface area contributed by atoms with Gasteiger partial charge in [0.2, 0.25) is 0 Å². The lowest BCUT2D eigenvalue weighted by Crippen LogP contribution is -2.36. The van der Waals surface area contributed by atoms with E-state index in [1.165, 1.54) is 18.2 Å². The van der Waals surface area contributed by atoms with Crippen molar-refractivity contribution in [1.82, 2.24) is 0 Å². The van der Waals surface area contributed by atoms with Gasteiger partial charge in [0, 0.05) is 33.5 Å². The molecule has 0 saturated heterocycles. The molecule has 0 heterocycles. The minimum absolute atomic E-state index is 0.205. The number of nitrogens with zero attached hydrogens (tertiary/aromatic N) is 1. The standard InChI is InChI=1S/C27H21ClN2O4/c1-18-11-13-20(14-12-18)27(19-7-3-2-4-8-19,23-9-5-6-10-24(23)28)34-26(31)22-17-21(29)15-16-25(22)30(32)33/h2-17H,29H2,1H3. The van der Waals surface area contributed by atoms with Crippen LogP contribution in [0.1, 0.15) is 32.6 Å².